The molecule has 1 amide bonds. The molecule has 5 rings (SSSR count). The van der Waals surface area contributed by atoms with Gasteiger partial charge in [0.25, 0.3) is 5.91 Å². The molecule has 178 valence electrons. The average molecular weight is 467 g/mol. The van der Waals surface area contributed by atoms with Crippen molar-refractivity contribution < 1.29 is 14.3 Å². The minimum Gasteiger partial charge on any atom is -0.378 e. The van der Waals surface area contributed by atoms with Gasteiger partial charge in [0, 0.05) is 64.1 Å². The van der Waals surface area contributed by atoms with Gasteiger partial charge in [-0.05, 0) is 0 Å². The number of amides is 1. The summed E-state index contributed by atoms with van der Waals surface area (Å²) in [6, 6.07) is 0. The van der Waals surface area contributed by atoms with Gasteiger partial charge in [0.1, 0.15) is 0 Å². The number of anilines is 2. The van der Waals surface area contributed by atoms with Crippen molar-refractivity contribution in [3.8, 4) is 11.3 Å². The Bertz CT molecular complexity index is 1200. The molecule has 0 aromatic carbocycles. The molecule has 2 aliphatic heterocycles. The predicted molar refractivity (Wildman–Crippen MR) is 123 cm³/mol. The summed E-state index contributed by atoms with van der Waals surface area (Å²) >= 11 is 0. The molecule has 0 radical (unpaired) electrons. The summed E-state index contributed by atoms with van der Waals surface area (Å²) in [6.45, 7) is 6.65. The summed E-state index contributed by atoms with van der Waals surface area (Å²) in [5.74, 6) is 0.512. The van der Waals surface area contributed by atoms with Crippen molar-refractivity contribution in [3.05, 3.63) is 18.6 Å². The predicted octanol–water partition coefficient (Wildman–Crippen LogP) is -0.494. The van der Waals surface area contributed by atoms with E-state index < -0.39 is 0 Å². The largest absolute Gasteiger partial charge is 0.378 e. The molecule has 3 aromatic heterocycles. The number of aromatic nitrogens is 6. The summed E-state index contributed by atoms with van der Waals surface area (Å²) in [5.41, 5.74) is 7.32. The fraction of sp³-hybridized carbons (Fsp3) is 0.476. The SMILES string of the molecule is CC(=O)N1CCN(CC(=O)n2ncc3c(-c4cnc(N)nc4)nc(N4CCOCC4)nc32)CC1. The Balaban J connectivity index is 1.48. The minimum atomic E-state index is -0.197. The summed E-state index contributed by atoms with van der Waals surface area (Å²) in [4.78, 5) is 48.3. The molecule has 2 fully saturated rings. The zero-order chi connectivity index (χ0) is 23.7. The van der Waals surface area contributed by atoms with Crippen LogP contribution < -0.4 is 10.6 Å². The van der Waals surface area contributed by atoms with Crippen LogP contribution in [0.1, 0.15) is 11.7 Å². The van der Waals surface area contributed by atoms with Crippen molar-refractivity contribution in [3.63, 3.8) is 0 Å². The number of nitrogens with two attached hydrogens (primary N) is 1. The summed E-state index contributed by atoms with van der Waals surface area (Å²) < 4.78 is 6.79. The molecule has 5 heterocycles. The monoisotopic (exact) mass is 466 g/mol. The molecule has 2 saturated heterocycles. The topological polar surface area (TPSA) is 148 Å². The van der Waals surface area contributed by atoms with Crippen LogP contribution in [-0.4, -0.2) is 110 Å². The van der Waals surface area contributed by atoms with Gasteiger partial charge in [-0.15, -0.1) is 0 Å². The van der Waals surface area contributed by atoms with E-state index in [1.54, 1.807) is 30.4 Å². The number of nitrogen functional groups attached to an aromatic ring is 1. The van der Waals surface area contributed by atoms with Crippen molar-refractivity contribution in [2.45, 2.75) is 6.92 Å². The highest BCUT2D eigenvalue weighted by Gasteiger charge is 2.25. The van der Waals surface area contributed by atoms with Crippen LogP contribution in [0.5, 0.6) is 0 Å². The number of nitrogens with zero attached hydrogens (tertiary/aromatic N) is 9. The van der Waals surface area contributed by atoms with Gasteiger partial charge in [0.15, 0.2) is 5.65 Å². The highest BCUT2D eigenvalue weighted by Crippen LogP contribution is 2.28. The standard InChI is InChI=1S/C21H26N10O3/c1-14(32)29-4-2-28(3-5-29)13-17(33)31-19-16(12-25-31)18(15-10-23-20(22)24-11-15)26-21(27-19)30-6-8-34-9-7-30/h10-12H,2-9,13H2,1H3,(H2,22,23,24). The quantitative estimate of drug-likeness (QED) is 0.531. The highest BCUT2D eigenvalue weighted by atomic mass is 16.5. The molecular weight excluding hydrogens is 440 g/mol. The van der Waals surface area contributed by atoms with Crippen LogP contribution in [0.25, 0.3) is 22.3 Å². The summed E-state index contributed by atoms with van der Waals surface area (Å²) in [6.07, 6.45) is 4.79. The third kappa shape index (κ3) is 4.39. The lowest BCUT2D eigenvalue weighted by Crippen LogP contribution is -2.49. The van der Waals surface area contributed by atoms with Crippen LogP contribution in [0.15, 0.2) is 18.6 Å². The Morgan fingerprint density at radius 1 is 1.00 bits per heavy atom. The lowest BCUT2D eigenvalue weighted by molar-refractivity contribution is -0.130. The van der Waals surface area contributed by atoms with Gasteiger partial charge in [-0.1, -0.05) is 0 Å². The molecule has 34 heavy (non-hydrogen) atoms. The van der Waals surface area contributed by atoms with Crippen molar-refractivity contribution >= 4 is 34.7 Å². The van der Waals surface area contributed by atoms with Gasteiger partial charge in [-0.2, -0.15) is 14.8 Å². The molecule has 0 saturated carbocycles. The Kier molecular flexibility index (Phi) is 6.02. The number of ether oxygens (including phenoxy) is 1. The fourth-order valence-corrected chi connectivity index (χ4v) is 4.14. The maximum absolute atomic E-state index is 13.2. The molecule has 0 bridgehead atoms. The maximum atomic E-state index is 13.2. The number of hydrogen-bond acceptors (Lipinski definition) is 11. The smallest absolute Gasteiger partial charge is 0.263 e. The number of carbonyl (C=O) groups excluding carboxylic acids is 2. The van der Waals surface area contributed by atoms with Gasteiger partial charge in [0.2, 0.25) is 17.8 Å². The number of morpholine rings is 1. The van der Waals surface area contributed by atoms with Crippen molar-refractivity contribution in [1.29, 1.82) is 0 Å². The first-order valence-electron chi connectivity index (χ1n) is 11.2. The van der Waals surface area contributed by atoms with Gasteiger partial charge >= 0.3 is 0 Å². The van der Waals surface area contributed by atoms with Crippen LogP contribution >= 0.6 is 0 Å². The van der Waals surface area contributed by atoms with E-state index >= 15 is 0 Å². The van der Waals surface area contributed by atoms with E-state index in [1.165, 1.54) is 4.68 Å². The van der Waals surface area contributed by atoms with Crippen molar-refractivity contribution in [1.82, 2.24) is 39.5 Å². The van der Waals surface area contributed by atoms with Gasteiger partial charge in [-0.25, -0.2) is 15.0 Å². The van der Waals surface area contributed by atoms with Gasteiger partial charge in [-0.3, -0.25) is 14.5 Å². The lowest BCUT2D eigenvalue weighted by Gasteiger charge is -2.33. The molecule has 13 heteroatoms. The zero-order valence-electron chi connectivity index (χ0n) is 18.9. The van der Waals surface area contributed by atoms with Crippen LogP contribution in [0, 0.1) is 0 Å². The molecular formula is C21H26N10O3. The molecule has 0 aliphatic carbocycles. The number of fused-ring (bicyclic) bond motifs is 1. The Morgan fingerprint density at radius 2 is 1.71 bits per heavy atom. The van der Waals surface area contributed by atoms with Crippen LogP contribution in [0.3, 0.4) is 0 Å². The summed E-state index contributed by atoms with van der Waals surface area (Å²) in [5, 5.41) is 4.98. The van der Waals surface area contributed by atoms with Crippen molar-refractivity contribution in [2.24, 2.45) is 0 Å². The zero-order valence-corrected chi connectivity index (χ0v) is 18.9. The van der Waals surface area contributed by atoms with E-state index in [1.807, 2.05) is 9.80 Å². The summed E-state index contributed by atoms with van der Waals surface area (Å²) in [7, 11) is 0. The number of rotatable bonds is 4. The van der Waals surface area contributed by atoms with E-state index in [4.69, 9.17) is 20.4 Å². The molecule has 2 aliphatic rings. The Hall–Kier alpha value is -3.71. The van der Waals surface area contributed by atoms with Crippen LogP contribution in [0.4, 0.5) is 11.9 Å². The normalized spacial score (nSPS) is 17.3. The maximum Gasteiger partial charge on any atom is 0.263 e. The first-order valence-corrected chi connectivity index (χ1v) is 11.2. The molecule has 3 aromatic rings. The van der Waals surface area contributed by atoms with E-state index in [0.29, 0.717) is 80.7 Å². The number of piperazine rings is 1. The molecule has 0 atom stereocenters. The Morgan fingerprint density at radius 3 is 2.38 bits per heavy atom. The van der Waals surface area contributed by atoms with Gasteiger partial charge < -0.3 is 20.3 Å². The Labute approximate surface area is 195 Å². The van der Waals surface area contributed by atoms with E-state index in [-0.39, 0.29) is 24.3 Å². The second kappa shape index (κ2) is 9.27. The van der Waals surface area contributed by atoms with Crippen LogP contribution in [0.2, 0.25) is 0 Å². The first kappa shape index (κ1) is 22.1. The molecule has 0 unspecified atom stereocenters. The second-order valence-corrected chi connectivity index (χ2v) is 8.27. The number of hydrogen-bond donors (Lipinski definition) is 1. The van der Waals surface area contributed by atoms with E-state index in [9.17, 15) is 9.59 Å². The average Bonchev–Trinajstić information content (AvgIpc) is 3.29. The van der Waals surface area contributed by atoms with E-state index in [2.05, 4.69) is 15.1 Å². The lowest BCUT2D eigenvalue weighted by atomic mass is 10.2. The number of carbonyl (C=O) groups is 2. The molecule has 13 nitrogen and oxygen atoms in total. The van der Waals surface area contributed by atoms with E-state index in [0.717, 1.165) is 0 Å². The first-order chi connectivity index (χ1) is 16.5. The minimum absolute atomic E-state index is 0.0515. The van der Waals surface area contributed by atoms with Crippen molar-refractivity contribution in [2.75, 3.05) is 69.7 Å². The third-order valence-corrected chi connectivity index (χ3v) is 6.07. The van der Waals surface area contributed by atoms with Gasteiger partial charge in [0.05, 0.1) is 37.0 Å². The fourth-order valence-electron chi connectivity index (χ4n) is 4.14. The highest BCUT2D eigenvalue weighted by molar-refractivity contribution is 5.96. The van der Waals surface area contributed by atoms with Crippen LogP contribution in [-0.2, 0) is 9.53 Å². The third-order valence-electron chi connectivity index (χ3n) is 6.07. The molecule has 0 spiro atoms. The molecule has 2 N–H and O–H groups in total. The second-order valence-electron chi connectivity index (χ2n) is 8.27.